The molecule has 0 N–H and O–H groups in total. The van der Waals surface area contributed by atoms with E-state index in [1.54, 1.807) is 13.0 Å². The first kappa shape index (κ1) is 11.3. The molecule has 1 aliphatic rings. The number of nitrogens with zero attached hydrogens (tertiary/aromatic N) is 3. The first-order valence-electron chi connectivity index (χ1n) is 5.36. The summed E-state index contributed by atoms with van der Waals surface area (Å²) in [4.78, 5) is 21.8. The van der Waals surface area contributed by atoms with E-state index in [0.29, 0.717) is 11.0 Å². The van der Waals surface area contributed by atoms with E-state index in [9.17, 15) is 4.79 Å². The van der Waals surface area contributed by atoms with Gasteiger partial charge in [-0.1, -0.05) is 11.6 Å². The molecule has 0 aromatic carbocycles. The van der Waals surface area contributed by atoms with Gasteiger partial charge in [-0.25, -0.2) is 9.97 Å². The van der Waals surface area contributed by atoms with Crippen LogP contribution in [0.25, 0.3) is 0 Å². The van der Waals surface area contributed by atoms with E-state index in [1.807, 2.05) is 11.8 Å². The van der Waals surface area contributed by atoms with E-state index in [1.165, 1.54) is 0 Å². The molecule has 86 valence electrons. The quantitative estimate of drug-likeness (QED) is 0.706. The average Bonchev–Trinajstić information content (AvgIpc) is 2.63. The Labute approximate surface area is 99.6 Å². The fourth-order valence-corrected chi connectivity index (χ4v) is 2.36. The number of likely N-dealkylation sites (tertiary alicyclic amines) is 1. The van der Waals surface area contributed by atoms with Crippen LogP contribution in [0.5, 0.6) is 0 Å². The molecular formula is C11H14ClN3O. The summed E-state index contributed by atoms with van der Waals surface area (Å²) in [5.41, 5.74) is 0.838. The minimum atomic E-state index is -0.00472. The summed E-state index contributed by atoms with van der Waals surface area (Å²) in [6.07, 6.45) is 1.92. The van der Waals surface area contributed by atoms with Gasteiger partial charge in [0.25, 0.3) is 0 Å². The molecule has 5 heteroatoms. The second-order valence-corrected chi connectivity index (χ2v) is 4.45. The van der Waals surface area contributed by atoms with Crippen molar-refractivity contribution in [3.05, 3.63) is 22.7 Å². The molecule has 1 atom stereocenters. The van der Waals surface area contributed by atoms with Crippen molar-refractivity contribution >= 4 is 17.5 Å². The number of aromatic nitrogens is 2. The third-order valence-electron chi connectivity index (χ3n) is 2.80. The minimum absolute atomic E-state index is 0.00472. The number of hydrogen-bond donors (Lipinski definition) is 0. The second-order valence-electron chi connectivity index (χ2n) is 4.06. The molecule has 4 nitrogen and oxygen atoms in total. The molecule has 1 fully saturated rings. The molecule has 1 aromatic heterocycles. The zero-order valence-corrected chi connectivity index (χ0v) is 10.2. The van der Waals surface area contributed by atoms with Gasteiger partial charge in [0.2, 0.25) is 5.91 Å². The number of halogens is 1. The van der Waals surface area contributed by atoms with E-state index in [4.69, 9.17) is 11.6 Å². The summed E-state index contributed by atoms with van der Waals surface area (Å²) in [5.74, 6) is 0.737. The van der Waals surface area contributed by atoms with Crippen molar-refractivity contribution in [3.63, 3.8) is 0 Å². The molecule has 1 saturated heterocycles. The monoisotopic (exact) mass is 239 g/mol. The highest BCUT2D eigenvalue weighted by Gasteiger charge is 2.30. The molecule has 0 spiro atoms. The zero-order valence-electron chi connectivity index (χ0n) is 9.40. The highest BCUT2D eigenvalue weighted by Crippen LogP contribution is 2.30. The number of aryl methyl sites for hydroxylation is 1. The van der Waals surface area contributed by atoms with E-state index in [-0.39, 0.29) is 11.9 Å². The molecule has 0 saturated carbocycles. The Kier molecular flexibility index (Phi) is 3.10. The highest BCUT2D eigenvalue weighted by atomic mass is 35.5. The Morgan fingerprint density at radius 3 is 2.94 bits per heavy atom. The Morgan fingerprint density at radius 2 is 2.31 bits per heavy atom. The Balaban J connectivity index is 2.32. The van der Waals surface area contributed by atoms with Crippen LogP contribution in [-0.2, 0) is 4.79 Å². The third kappa shape index (κ3) is 2.16. The smallest absolute Gasteiger partial charge is 0.220 e. The van der Waals surface area contributed by atoms with Gasteiger partial charge in [0.15, 0.2) is 5.82 Å². The van der Waals surface area contributed by atoms with Gasteiger partial charge in [-0.2, -0.15) is 0 Å². The number of rotatable bonds is 1. The summed E-state index contributed by atoms with van der Waals surface area (Å²) in [6, 6.07) is 1.72. The van der Waals surface area contributed by atoms with Crippen LogP contribution in [-0.4, -0.2) is 27.3 Å². The lowest BCUT2D eigenvalue weighted by Crippen LogP contribution is -2.29. The van der Waals surface area contributed by atoms with Gasteiger partial charge in [-0.15, -0.1) is 0 Å². The zero-order chi connectivity index (χ0) is 11.7. The van der Waals surface area contributed by atoms with Crippen molar-refractivity contribution in [2.45, 2.75) is 32.7 Å². The number of carbonyl (C=O) groups excluding carboxylic acids is 1. The van der Waals surface area contributed by atoms with Crippen LogP contribution in [0.2, 0.25) is 5.15 Å². The predicted molar refractivity (Wildman–Crippen MR) is 61.1 cm³/mol. The van der Waals surface area contributed by atoms with Gasteiger partial charge in [-0.3, -0.25) is 4.79 Å². The van der Waals surface area contributed by atoms with Crippen LogP contribution in [0.1, 0.15) is 37.3 Å². The molecule has 0 radical (unpaired) electrons. The first-order valence-corrected chi connectivity index (χ1v) is 5.74. The molecule has 2 heterocycles. The fraction of sp³-hybridized carbons (Fsp3) is 0.545. The maximum Gasteiger partial charge on any atom is 0.220 e. The van der Waals surface area contributed by atoms with Crippen LogP contribution < -0.4 is 0 Å². The molecule has 0 bridgehead atoms. The van der Waals surface area contributed by atoms with Crippen LogP contribution in [0, 0.1) is 6.92 Å². The van der Waals surface area contributed by atoms with E-state index in [0.717, 1.165) is 25.1 Å². The summed E-state index contributed by atoms with van der Waals surface area (Å²) in [7, 11) is 0. The van der Waals surface area contributed by atoms with Crippen molar-refractivity contribution in [2.24, 2.45) is 0 Å². The van der Waals surface area contributed by atoms with Crippen molar-refractivity contribution < 1.29 is 4.79 Å². The van der Waals surface area contributed by atoms with E-state index >= 15 is 0 Å². The Hall–Kier alpha value is -1.16. The minimum Gasteiger partial charge on any atom is -0.333 e. The summed E-state index contributed by atoms with van der Waals surface area (Å²) >= 11 is 5.90. The normalized spacial score (nSPS) is 20.2. The highest BCUT2D eigenvalue weighted by molar-refractivity contribution is 6.29. The number of carbonyl (C=O) groups is 1. The lowest BCUT2D eigenvalue weighted by Gasteiger charge is -2.22. The topological polar surface area (TPSA) is 46.1 Å². The largest absolute Gasteiger partial charge is 0.333 e. The third-order valence-corrected chi connectivity index (χ3v) is 2.99. The van der Waals surface area contributed by atoms with Crippen molar-refractivity contribution in [3.8, 4) is 0 Å². The van der Waals surface area contributed by atoms with Gasteiger partial charge in [0.1, 0.15) is 5.15 Å². The Bertz CT molecular complexity index is 401. The maximum absolute atomic E-state index is 11.4. The van der Waals surface area contributed by atoms with E-state index in [2.05, 4.69) is 9.97 Å². The van der Waals surface area contributed by atoms with Crippen molar-refractivity contribution in [1.82, 2.24) is 14.9 Å². The standard InChI is InChI=1S/C11H14ClN3O/c1-7-6-10(12)14-11(13-7)9-4-3-5-15(9)8(2)16/h6,9H,3-5H2,1-2H3/t9-/m0/s1. The molecule has 0 unspecified atom stereocenters. The summed E-state index contributed by atoms with van der Waals surface area (Å²) in [5, 5.41) is 0.443. The van der Waals surface area contributed by atoms with E-state index < -0.39 is 0 Å². The lowest BCUT2D eigenvalue weighted by atomic mass is 10.2. The molecule has 16 heavy (non-hydrogen) atoms. The van der Waals surface area contributed by atoms with Crippen molar-refractivity contribution in [1.29, 1.82) is 0 Å². The average molecular weight is 240 g/mol. The van der Waals surface area contributed by atoms with Gasteiger partial charge in [-0.05, 0) is 25.8 Å². The molecule has 0 aliphatic carbocycles. The Morgan fingerprint density at radius 1 is 1.56 bits per heavy atom. The van der Waals surface area contributed by atoms with Crippen molar-refractivity contribution in [2.75, 3.05) is 6.54 Å². The first-order chi connectivity index (χ1) is 7.58. The molecule has 1 aromatic rings. The predicted octanol–water partition coefficient (Wildman–Crippen LogP) is 2.12. The molecule has 1 aliphatic heterocycles. The number of amides is 1. The molecule has 1 amide bonds. The maximum atomic E-state index is 11.4. The SMILES string of the molecule is CC(=O)N1CCC[C@H]1c1nc(C)cc(Cl)n1. The van der Waals surface area contributed by atoms with Gasteiger partial charge in [0, 0.05) is 19.2 Å². The van der Waals surface area contributed by atoms with Crippen LogP contribution >= 0.6 is 11.6 Å². The van der Waals surface area contributed by atoms with Gasteiger partial charge < -0.3 is 4.90 Å². The molecular weight excluding hydrogens is 226 g/mol. The van der Waals surface area contributed by atoms with Crippen LogP contribution in [0.15, 0.2) is 6.07 Å². The summed E-state index contributed by atoms with van der Waals surface area (Å²) < 4.78 is 0. The summed E-state index contributed by atoms with van der Waals surface area (Å²) in [6.45, 7) is 4.24. The lowest BCUT2D eigenvalue weighted by molar-refractivity contribution is -0.129. The van der Waals surface area contributed by atoms with Gasteiger partial charge >= 0.3 is 0 Å². The fourth-order valence-electron chi connectivity index (χ4n) is 2.11. The second kappa shape index (κ2) is 4.37. The van der Waals surface area contributed by atoms with Gasteiger partial charge in [0.05, 0.1) is 6.04 Å². The molecule has 2 rings (SSSR count). The van der Waals surface area contributed by atoms with Crippen LogP contribution in [0.4, 0.5) is 0 Å². The van der Waals surface area contributed by atoms with Crippen LogP contribution in [0.3, 0.4) is 0 Å². The number of hydrogen-bond acceptors (Lipinski definition) is 3.